The van der Waals surface area contributed by atoms with Crippen molar-refractivity contribution < 1.29 is 0 Å². The van der Waals surface area contributed by atoms with Gasteiger partial charge in [-0.3, -0.25) is 4.40 Å². The number of likely N-dealkylation sites (tertiary alicyclic amines) is 1. The van der Waals surface area contributed by atoms with Crippen LogP contribution in [0.3, 0.4) is 0 Å². The first-order valence-electron chi connectivity index (χ1n) is 8.46. The lowest BCUT2D eigenvalue weighted by Crippen LogP contribution is -2.42. The van der Waals surface area contributed by atoms with Crippen LogP contribution >= 0.6 is 12.4 Å². The number of nitrogens with zero attached hydrogens (tertiary/aromatic N) is 4. The quantitative estimate of drug-likeness (QED) is 0.935. The van der Waals surface area contributed by atoms with Crippen LogP contribution in [0, 0.1) is 5.41 Å². The molecule has 0 aliphatic carbocycles. The molecule has 2 fully saturated rings. The van der Waals surface area contributed by atoms with Crippen molar-refractivity contribution >= 4 is 18.1 Å². The number of rotatable bonds is 3. The summed E-state index contributed by atoms with van der Waals surface area (Å²) in [5, 5.41) is 12.3. The Hall–Kier alpha value is -1.17. The number of halogens is 1. The van der Waals surface area contributed by atoms with Gasteiger partial charge in [-0.1, -0.05) is 13.0 Å². The van der Waals surface area contributed by atoms with Crippen LogP contribution in [0.5, 0.6) is 0 Å². The van der Waals surface area contributed by atoms with Gasteiger partial charge in [0.2, 0.25) is 0 Å². The molecular weight excluding hydrogens is 310 g/mol. The molecule has 2 aromatic heterocycles. The first-order valence-corrected chi connectivity index (χ1v) is 8.46. The van der Waals surface area contributed by atoms with Gasteiger partial charge in [0.15, 0.2) is 5.65 Å². The van der Waals surface area contributed by atoms with Crippen molar-refractivity contribution in [1.29, 1.82) is 0 Å². The Morgan fingerprint density at radius 1 is 1.35 bits per heavy atom. The number of piperidine rings is 1. The summed E-state index contributed by atoms with van der Waals surface area (Å²) in [6.45, 7) is 8.29. The predicted molar refractivity (Wildman–Crippen MR) is 94.2 cm³/mol. The molecule has 23 heavy (non-hydrogen) atoms. The Bertz CT molecular complexity index is 649. The first kappa shape index (κ1) is 16.7. The molecule has 6 heteroatoms. The summed E-state index contributed by atoms with van der Waals surface area (Å²) < 4.78 is 2.16. The van der Waals surface area contributed by atoms with Crippen LogP contribution in [-0.4, -0.2) is 52.2 Å². The Balaban J connectivity index is 0.00000156. The van der Waals surface area contributed by atoms with Crippen molar-refractivity contribution in [2.45, 2.75) is 32.1 Å². The van der Waals surface area contributed by atoms with Crippen LogP contribution in [-0.2, 0) is 0 Å². The molecule has 2 unspecified atom stereocenters. The Labute approximate surface area is 143 Å². The van der Waals surface area contributed by atoms with E-state index in [-0.39, 0.29) is 12.4 Å². The second-order valence-corrected chi connectivity index (χ2v) is 7.30. The van der Waals surface area contributed by atoms with Gasteiger partial charge in [0, 0.05) is 31.7 Å². The van der Waals surface area contributed by atoms with Crippen molar-refractivity contribution in [3.8, 4) is 0 Å². The van der Waals surface area contributed by atoms with Gasteiger partial charge < -0.3 is 10.2 Å². The van der Waals surface area contributed by atoms with Crippen LogP contribution in [0.1, 0.15) is 37.9 Å². The zero-order chi connectivity index (χ0) is 15.0. The van der Waals surface area contributed by atoms with Gasteiger partial charge in [-0.15, -0.1) is 22.6 Å². The maximum atomic E-state index is 4.48. The summed E-state index contributed by atoms with van der Waals surface area (Å²) in [6, 6.07) is 6.11. The molecule has 2 aromatic rings. The lowest BCUT2D eigenvalue weighted by atomic mass is 9.87. The molecule has 2 aliphatic heterocycles. The maximum absolute atomic E-state index is 4.48. The minimum atomic E-state index is 0. The molecule has 0 amide bonds. The van der Waals surface area contributed by atoms with Crippen LogP contribution in [0.2, 0.25) is 0 Å². The lowest BCUT2D eigenvalue weighted by molar-refractivity contribution is 0.139. The van der Waals surface area contributed by atoms with Crippen molar-refractivity contribution in [2.24, 2.45) is 5.41 Å². The van der Waals surface area contributed by atoms with E-state index in [1.807, 2.05) is 12.1 Å². The molecule has 4 heterocycles. The van der Waals surface area contributed by atoms with E-state index in [4.69, 9.17) is 0 Å². The molecule has 1 N–H and O–H groups in total. The number of hydrogen-bond donors (Lipinski definition) is 1. The highest BCUT2D eigenvalue weighted by Gasteiger charge is 2.33. The fourth-order valence-corrected chi connectivity index (χ4v) is 4.09. The van der Waals surface area contributed by atoms with Gasteiger partial charge in [-0.25, -0.2) is 0 Å². The van der Waals surface area contributed by atoms with Gasteiger partial charge >= 0.3 is 0 Å². The summed E-state index contributed by atoms with van der Waals surface area (Å²) in [6.07, 6.45) is 5.87. The van der Waals surface area contributed by atoms with Gasteiger partial charge in [-0.2, -0.15) is 0 Å². The van der Waals surface area contributed by atoms with E-state index in [2.05, 4.69) is 44.0 Å². The SMILES string of the molecule is CC1(CN2CCCC(c3nnc4ccccn34)C2)CCNC1.Cl. The molecule has 2 atom stereocenters. The van der Waals surface area contributed by atoms with Crippen molar-refractivity contribution in [3.63, 3.8) is 0 Å². The number of aromatic nitrogens is 3. The molecule has 2 aliphatic rings. The molecule has 0 aromatic carbocycles. The summed E-state index contributed by atoms with van der Waals surface area (Å²) in [5.74, 6) is 1.64. The Morgan fingerprint density at radius 3 is 3.09 bits per heavy atom. The Morgan fingerprint density at radius 2 is 2.26 bits per heavy atom. The monoisotopic (exact) mass is 335 g/mol. The molecule has 0 spiro atoms. The average molecular weight is 336 g/mol. The third kappa shape index (κ3) is 3.37. The number of hydrogen-bond acceptors (Lipinski definition) is 4. The van der Waals surface area contributed by atoms with Crippen molar-refractivity contribution in [3.05, 3.63) is 30.2 Å². The van der Waals surface area contributed by atoms with Gasteiger partial charge in [0.25, 0.3) is 0 Å². The topological polar surface area (TPSA) is 45.5 Å². The fourth-order valence-electron chi connectivity index (χ4n) is 4.09. The molecule has 0 radical (unpaired) electrons. The molecule has 0 saturated carbocycles. The highest BCUT2D eigenvalue weighted by atomic mass is 35.5. The molecule has 5 nitrogen and oxygen atoms in total. The average Bonchev–Trinajstić information content (AvgIpc) is 3.14. The molecule has 4 rings (SSSR count). The second-order valence-electron chi connectivity index (χ2n) is 7.30. The van der Waals surface area contributed by atoms with E-state index in [9.17, 15) is 0 Å². The van der Waals surface area contributed by atoms with Crippen molar-refractivity contribution in [1.82, 2.24) is 24.8 Å². The van der Waals surface area contributed by atoms with E-state index < -0.39 is 0 Å². The van der Waals surface area contributed by atoms with E-state index in [0.717, 1.165) is 24.6 Å². The minimum absolute atomic E-state index is 0. The van der Waals surface area contributed by atoms with E-state index in [1.54, 1.807) is 0 Å². The lowest BCUT2D eigenvalue weighted by Gasteiger charge is -2.37. The van der Waals surface area contributed by atoms with E-state index in [1.165, 1.54) is 38.9 Å². The zero-order valence-electron chi connectivity index (χ0n) is 13.7. The molecule has 126 valence electrons. The van der Waals surface area contributed by atoms with E-state index in [0.29, 0.717) is 11.3 Å². The summed E-state index contributed by atoms with van der Waals surface area (Å²) >= 11 is 0. The first-order chi connectivity index (χ1) is 10.7. The number of fused-ring (bicyclic) bond motifs is 1. The van der Waals surface area contributed by atoms with Gasteiger partial charge in [0.1, 0.15) is 5.82 Å². The molecule has 0 bridgehead atoms. The largest absolute Gasteiger partial charge is 0.316 e. The third-order valence-electron chi connectivity index (χ3n) is 5.27. The van der Waals surface area contributed by atoms with Crippen LogP contribution in [0.15, 0.2) is 24.4 Å². The standard InChI is InChI=1S/C17H25N5.ClH/c1-17(7-8-18-12-17)13-21-9-4-5-14(11-21)16-20-19-15-6-2-3-10-22(15)16;/h2-3,6,10,14,18H,4-5,7-9,11-13H2,1H3;1H. The zero-order valence-corrected chi connectivity index (χ0v) is 14.6. The van der Waals surface area contributed by atoms with Gasteiger partial charge in [-0.05, 0) is 49.9 Å². The van der Waals surface area contributed by atoms with Crippen LogP contribution in [0.25, 0.3) is 5.65 Å². The number of pyridine rings is 1. The summed E-state index contributed by atoms with van der Waals surface area (Å²) in [7, 11) is 0. The van der Waals surface area contributed by atoms with Crippen LogP contribution < -0.4 is 5.32 Å². The van der Waals surface area contributed by atoms with Gasteiger partial charge in [0.05, 0.1) is 0 Å². The van der Waals surface area contributed by atoms with Crippen molar-refractivity contribution in [2.75, 3.05) is 32.7 Å². The van der Waals surface area contributed by atoms with E-state index >= 15 is 0 Å². The molecular formula is C17H26ClN5. The highest BCUT2D eigenvalue weighted by Crippen LogP contribution is 2.31. The smallest absolute Gasteiger partial charge is 0.160 e. The third-order valence-corrected chi connectivity index (χ3v) is 5.27. The Kier molecular flexibility index (Phi) is 4.90. The second kappa shape index (κ2) is 6.75. The number of nitrogens with one attached hydrogen (secondary N) is 1. The highest BCUT2D eigenvalue weighted by molar-refractivity contribution is 5.85. The summed E-state index contributed by atoms with van der Waals surface area (Å²) in [4.78, 5) is 2.64. The predicted octanol–water partition coefficient (Wildman–Crippen LogP) is 2.33. The molecule has 2 saturated heterocycles. The maximum Gasteiger partial charge on any atom is 0.160 e. The minimum Gasteiger partial charge on any atom is -0.316 e. The normalized spacial score (nSPS) is 28.8. The fraction of sp³-hybridized carbons (Fsp3) is 0.647. The summed E-state index contributed by atoms with van der Waals surface area (Å²) in [5.41, 5.74) is 1.40. The van der Waals surface area contributed by atoms with Crippen LogP contribution in [0.4, 0.5) is 0 Å².